The molecule has 14 heavy (non-hydrogen) atoms. The fraction of sp³-hybridized carbons (Fsp3) is 0.455. The second-order valence-corrected chi connectivity index (χ2v) is 4.81. The molecule has 1 unspecified atom stereocenters. The Morgan fingerprint density at radius 1 is 1.29 bits per heavy atom. The van der Waals surface area contributed by atoms with E-state index < -0.39 is 6.10 Å². The monoisotopic (exact) mass is 212 g/mol. The molecule has 0 amide bonds. The van der Waals surface area contributed by atoms with Crippen LogP contribution in [-0.2, 0) is 0 Å². The van der Waals surface area contributed by atoms with Gasteiger partial charge < -0.3 is 10.2 Å². The largest absolute Gasteiger partial charge is 0.395 e. The highest BCUT2D eigenvalue weighted by molar-refractivity contribution is 8.00. The van der Waals surface area contributed by atoms with Crippen LogP contribution in [0.3, 0.4) is 0 Å². The minimum absolute atomic E-state index is 0.152. The molecule has 0 aliphatic heterocycles. The van der Waals surface area contributed by atoms with Crippen LogP contribution in [0.2, 0.25) is 0 Å². The third kappa shape index (κ3) is 3.01. The molecule has 3 heteroatoms. The summed E-state index contributed by atoms with van der Waals surface area (Å²) >= 11 is 1.59. The fourth-order valence-corrected chi connectivity index (χ4v) is 2.23. The minimum Gasteiger partial charge on any atom is -0.395 e. The molecule has 2 atom stereocenters. The van der Waals surface area contributed by atoms with Crippen LogP contribution in [0.4, 0.5) is 0 Å². The number of rotatable bonds is 4. The first kappa shape index (κ1) is 11.6. The zero-order valence-electron chi connectivity index (χ0n) is 8.47. The summed E-state index contributed by atoms with van der Waals surface area (Å²) in [4.78, 5) is 1.05. The third-order valence-corrected chi connectivity index (χ3v) is 3.13. The van der Waals surface area contributed by atoms with E-state index in [0.29, 0.717) is 0 Å². The zero-order valence-corrected chi connectivity index (χ0v) is 9.29. The maximum absolute atomic E-state index is 9.51. The molecule has 0 saturated heterocycles. The quantitative estimate of drug-likeness (QED) is 0.752. The van der Waals surface area contributed by atoms with E-state index in [9.17, 15) is 5.11 Å². The van der Waals surface area contributed by atoms with Gasteiger partial charge in [0.05, 0.1) is 12.7 Å². The topological polar surface area (TPSA) is 40.5 Å². The van der Waals surface area contributed by atoms with Gasteiger partial charge in [0.1, 0.15) is 0 Å². The molecule has 2 nitrogen and oxygen atoms in total. The van der Waals surface area contributed by atoms with Crippen molar-refractivity contribution in [3.05, 3.63) is 29.8 Å². The van der Waals surface area contributed by atoms with E-state index in [2.05, 4.69) is 0 Å². The van der Waals surface area contributed by atoms with Gasteiger partial charge in [-0.2, -0.15) is 0 Å². The van der Waals surface area contributed by atoms with Crippen molar-refractivity contribution < 1.29 is 10.2 Å². The number of aliphatic hydroxyl groups excluding tert-OH is 2. The molecule has 0 radical (unpaired) electrons. The smallest absolute Gasteiger partial charge is 0.0772 e. The van der Waals surface area contributed by atoms with Gasteiger partial charge in [-0.05, 0) is 18.6 Å². The molecule has 0 bridgehead atoms. The molecule has 0 aliphatic carbocycles. The zero-order chi connectivity index (χ0) is 10.6. The SMILES string of the molecule is CC(CO)Sc1ccccc1[C@@H](C)O. The number of aliphatic hydroxyl groups is 2. The van der Waals surface area contributed by atoms with E-state index in [1.54, 1.807) is 18.7 Å². The van der Waals surface area contributed by atoms with E-state index in [0.717, 1.165) is 10.5 Å². The van der Waals surface area contributed by atoms with E-state index >= 15 is 0 Å². The van der Waals surface area contributed by atoms with Crippen LogP contribution in [0.15, 0.2) is 29.2 Å². The molecule has 1 aromatic carbocycles. The summed E-state index contributed by atoms with van der Waals surface area (Å²) in [6, 6.07) is 7.74. The normalized spacial score (nSPS) is 15.1. The van der Waals surface area contributed by atoms with Gasteiger partial charge >= 0.3 is 0 Å². The van der Waals surface area contributed by atoms with Crippen molar-refractivity contribution >= 4 is 11.8 Å². The summed E-state index contributed by atoms with van der Waals surface area (Å²) < 4.78 is 0. The summed E-state index contributed by atoms with van der Waals surface area (Å²) in [5.41, 5.74) is 0.929. The average Bonchev–Trinajstić information content (AvgIpc) is 2.18. The van der Waals surface area contributed by atoms with Gasteiger partial charge in [0.15, 0.2) is 0 Å². The first-order chi connectivity index (χ1) is 6.65. The molecular formula is C11H16O2S. The van der Waals surface area contributed by atoms with Gasteiger partial charge in [-0.3, -0.25) is 0 Å². The van der Waals surface area contributed by atoms with Crippen molar-refractivity contribution in [2.24, 2.45) is 0 Å². The number of thioether (sulfide) groups is 1. The Kier molecular flexibility index (Phi) is 4.45. The highest BCUT2D eigenvalue weighted by atomic mass is 32.2. The van der Waals surface area contributed by atoms with Gasteiger partial charge in [-0.1, -0.05) is 25.1 Å². The lowest BCUT2D eigenvalue weighted by molar-refractivity contribution is 0.196. The minimum atomic E-state index is -0.454. The molecule has 0 spiro atoms. The lowest BCUT2D eigenvalue weighted by Crippen LogP contribution is -2.03. The van der Waals surface area contributed by atoms with Crippen LogP contribution < -0.4 is 0 Å². The Hall–Kier alpha value is -0.510. The lowest BCUT2D eigenvalue weighted by atomic mass is 10.1. The molecule has 0 aliphatic rings. The summed E-state index contributed by atoms with van der Waals surface area (Å²) in [6.07, 6.45) is -0.454. The van der Waals surface area contributed by atoms with Crippen molar-refractivity contribution in [3.8, 4) is 0 Å². The van der Waals surface area contributed by atoms with Gasteiger partial charge in [0.25, 0.3) is 0 Å². The van der Waals surface area contributed by atoms with E-state index in [-0.39, 0.29) is 11.9 Å². The summed E-state index contributed by atoms with van der Waals surface area (Å²) in [6.45, 7) is 3.87. The van der Waals surface area contributed by atoms with Crippen LogP contribution >= 0.6 is 11.8 Å². The first-order valence-electron chi connectivity index (χ1n) is 4.69. The predicted octanol–water partition coefficient (Wildman–Crippen LogP) is 2.21. The van der Waals surface area contributed by atoms with Crippen molar-refractivity contribution in [1.29, 1.82) is 0 Å². The fourth-order valence-electron chi connectivity index (χ4n) is 1.19. The van der Waals surface area contributed by atoms with Gasteiger partial charge in [-0.15, -0.1) is 11.8 Å². The average molecular weight is 212 g/mol. The molecule has 1 rings (SSSR count). The van der Waals surface area contributed by atoms with Crippen molar-refractivity contribution in [2.75, 3.05) is 6.61 Å². The van der Waals surface area contributed by atoms with Crippen molar-refractivity contribution in [1.82, 2.24) is 0 Å². The molecule has 0 fully saturated rings. The molecule has 0 heterocycles. The Morgan fingerprint density at radius 3 is 2.50 bits per heavy atom. The van der Waals surface area contributed by atoms with Crippen LogP contribution in [0.5, 0.6) is 0 Å². The number of hydrogen-bond donors (Lipinski definition) is 2. The molecular weight excluding hydrogens is 196 g/mol. The number of hydrogen-bond acceptors (Lipinski definition) is 3. The Morgan fingerprint density at radius 2 is 1.93 bits per heavy atom. The molecule has 0 aromatic heterocycles. The molecule has 1 aromatic rings. The second kappa shape index (κ2) is 5.39. The second-order valence-electron chi connectivity index (χ2n) is 3.32. The highest BCUT2D eigenvalue weighted by Gasteiger charge is 2.10. The van der Waals surface area contributed by atoms with Gasteiger partial charge in [0.2, 0.25) is 0 Å². The Labute approximate surface area is 89.0 Å². The van der Waals surface area contributed by atoms with E-state index in [4.69, 9.17) is 5.11 Å². The van der Waals surface area contributed by atoms with Crippen LogP contribution in [-0.4, -0.2) is 22.1 Å². The highest BCUT2D eigenvalue weighted by Crippen LogP contribution is 2.29. The molecule has 0 saturated carbocycles. The van der Waals surface area contributed by atoms with Crippen LogP contribution in [0.1, 0.15) is 25.5 Å². The first-order valence-corrected chi connectivity index (χ1v) is 5.57. The Balaban J connectivity index is 2.84. The lowest BCUT2D eigenvalue weighted by Gasteiger charge is -2.13. The number of benzene rings is 1. The van der Waals surface area contributed by atoms with E-state index in [1.165, 1.54) is 0 Å². The third-order valence-electron chi connectivity index (χ3n) is 1.95. The van der Waals surface area contributed by atoms with Gasteiger partial charge in [-0.25, -0.2) is 0 Å². The predicted molar refractivity (Wildman–Crippen MR) is 59.5 cm³/mol. The molecule has 2 N–H and O–H groups in total. The van der Waals surface area contributed by atoms with Gasteiger partial charge in [0, 0.05) is 10.1 Å². The van der Waals surface area contributed by atoms with Crippen LogP contribution in [0, 0.1) is 0 Å². The standard InChI is InChI=1S/C11H16O2S/c1-8(7-12)14-11-6-4-3-5-10(11)9(2)13/h3-6,8-9,12-13H,7H2,1-2H3/t8?,9-/m1/s1. The summed E-state index contributed by atoms with van der Waals surface area (Å²) in [5.74, 6) is 0. The Bertz CT molecular complexity index is 286. The van der Waals surface area contributed by atoms with Crippen LogP contribution in [0.25, 0.3) is 0 Å². The van der Waals surface area contributed by atoms with E-state index in [1.807, 2.05) is 31.2 Å². The van der Waals surface area contributed by atoms with Crippen molar-refractivity contribution in [2.45, 2.75) is 30.1 Å². The summed E-state index contributed by atoms with van der Waals surface area (Å²) in [5, 5.41) is 18.6. The summed E-state index contributed by atoms with van der Waals surface area (Å²) in [7, 11) is 0. The molecule has 78 valence electrons. The maximum atomic E-state index is 9.51. The van der Waals surface area contributed by atoms with Crippen molar-refractivity contribution in [3.63, 3.8) is 0 Å². The maximum Gasteiger partial charge on any atom is 0.0772 e.